The highest BCUT2D eigenvalue weighted by molar-refractivity contribution is 5.81. The van der Waals surface area contributed by atoms with Gasteiger partial charge < -0.3 is 20.7 Å². The molecule has 0 saturated carbocycles. The maximum Gasteiger partial charge on any atom is 0.225 e. The van der Waals surface area contributed by atoms with Crippen LogP contribution in [0.1, 0.15) is 41.5 Å². The predicted octanol–water partition coefficient (Wildman–Crippen LogP) is 1.06. The van der Waals surface area contributed by atoms with Crippen LogP contribution in [0.5, 0.6) is 0 Å². The molecule has 1 heterocycles. The summed E-state index contributed by atoms with van der Waals surface area (Å²) in [6.45, 7) is 18.7. The van der Waals surface area contributed by atoms with E-state index in [1.165, 1.54) is 0 Å². The SMILES string of the molecule is CCNC(=NCC1CN(CC(C)C)CCO1)NCCNC(=O)C(C)(C)C. The van der Waals surface area contributed by atoms with Gasteiger partial charge in [0.2, 0.25) is 5.91 Å². The summed E-state index contributed by atoms with van der Waals surface area (Å²) in [6, 6.07) is 0. The summed E-state index contributed by atoms with van der Waals surface area (Å²) >= 11 is 0. The third-order valence-corrected chi connectivity index (χ3v) is 4.03. The molecule has 0 bridgehead atoms. The van der Waals surface area contributed by atoms with Crippen LogP contribution in [-0.4, -0.2) is 75.3 Å². The molecule has 0 radical (unpaired) electrons. The number of hydrogen-bond donors (Lipinski definition) is 3. The van der Waals surface area contributed by atoms with Crippen molar-refractivity contribution in [3.05, 3.63) is 0 Å². The van der Waals surface area contributed by atoms with Gasteiger partial charge in [0, 0.05) is 44.7 Å². The van der Waals surface area contributed by atoms with Gasteiger partial charge in [-0.15, -0.1) is 0 Å². The number of rotatable bonds is 8. The van der Waals surface area contributed by atoms with Gasteiger partial charge in [0.25, 0.3) is 0 Å². The zero-order valence-corrected chi connectivity index (χ0v) is 17.5. The molecule has 0 aliphatic carbocycles. The van der Waals surface area contributed by atoms with Crippen molar-refractivity contribution in [2.24, 2.45) is 16.3 Å². The number of carbonyl (C=O) groups is 1. The Kier molecular flexibility index (Phi) is 9.94. The summed E-state index contributed by atoms with van der Waals surface area (Å²) in [5, 5.41) is 9.44. The first-order valence-corrected chi connectivity index (χ1v) is 9.86. The van der Waals surface area contributed by atoms with E-state index in [1.807, 2.05) is 27.7 Å². The number of hydrogen-bond acceptors (Lipinski definition) is 4. The minimum absolute atomic E-state index is 0.0575. The normalized spacial score (nSPS) is 19.5. The third kappa shape index (κ3) is 9.38. The van der Waals surface area contributed by atoms with Crippen molar-refractivity contribution >= 4 is 11.9 Å². The van der Waals surface area contributed by atoms with Crippen LogP contribution in [0.3, 0.4) is 0 Å². The van der Waals surface area contributed by atoms with E-state index in [-0.39, 0.29) is 17.4 Å². The average Bonchev–Trinajstić information content (AvgIpc) is 2.55. The number of carbonyl (C=O) groups excluding carboxylic acids is 1. The Bertz CT molecular complexity index is 446. The van der Waals surface area contributed by atoms with Crippen molar-refractivity contribution in [2.45, 2.75) is 47.6 Å². The van der Waals surface area contributed by atoms with Gasteiger partial charge in [-0.2, -0.15) is 0 Å². The first-order chi connectivity index (χ1) is 12.2. The highest BCUT2D eigenvalue weighted by Crippen LogP contribution is 2.11. The maximum absolute atomic E-state index is 11.9. The topological polar surface area (TPSA) is 78.0 Å². The molecule has 1 amide bonds. The number of aliphatic imine (C=N–C) groups is 1. The maximum atomic E-state index is 11.9. The Labute approximate surface area is 159 Å². The van der Waals surface area contributed by atoms with Gasteiger partial charge in [-0.3, -0.25) is 14.7 Å². The van der Waals surface area contributed by atoms with Crippen LogP contribution < -0.4 is 16.0 Å². The molecule has 0 spiro atoms. The number of morpholine rings is 1. The van der Waals surface area contributed by atoms with E-state index in [0.29, 0.717) is 25.6 Å². The Morgan fingerprint density at radius 3 is 2.54 bits per heavy atom. The zero-order valence-electron chi connectivity index (χ0n) is 17.5. The fraction of sp³-hybridized carbons (Fsp3) is 0.895. The molecule has 0 aromatic rings. The van der Waals surface area contributed by atoms with Gasteiger partial charge in [-0.25, -0.2) is 0 Å². The first-order valence-electron chi connectivity index (χ1n) is 9.86. The zero-order chi connectivity index (χ0) is 19.6. The second-order valence-electron chi connectivity index (χ2n) is 8.30. The van der Waals surface area contributed by atoms with Gasteiger partial charge in [-0.05, 0) is 12.8 Å². The molecule has 7 heteroatoms. The van der Waals surface area contributed by atoms with E-state index in [9.17, 15) is 4.79 Å². The fourth-order valence-corrected chi connectivity index (χ4v) is 2.73. The lowest BCUT2D eigenvalue weighted by atomic mass is 9.96. The van der Waals surface area contributed by atoms with Crippen LogP contribution in [0.2, 0.25) is 0 Å². The largest absolute Gasteiger partial charge is 0.374 e. The van der Waals surface area contributed by atoms with Crippen molar-refractivity contribution in [1.29, 1.82) is 0 Å². The molecule has 1 rings (SSSR count). The molecule has 1 fully saturated rings. The number of guanidine groups is 1. The van der Waals surface area contributed by atoms with Crippen molar-refractivity contribution in [2.75, 3.05) is 52.4 Å². The molecule has 3 N–H and O–H groups in total. The lowest BCUT2D eigenvalue weighted by Crippen LogP contribution is -2.46. The lowest BCUT2D eigenvalue weighted by molar-refractivity contribution is -0.128. The summed E-state index contributed by atoms with van der Waals surface area (Å²) in [4.78, 5) is 19.0. The van der Waals surface area contributed by atoms with Crippen molar-refractivity contribution in [3.8, 4) is 0 Å². The van der Waals surface area contributed by atoms with E-state index >= 15 is 0 Å². The summed E-state index contributed by atoms with van der Waals surface area (Å²) in [6.07, 6.45) is 0.138. The highest BCUT2D eigenvalue weighted by Gasteiger charge is 2.21. The molecule has 0 aromatic heterocycles. The Morgan fingerprint density at radius 2 is 1.92 bits per heavy atom. The van der Waals surface area contributed by atoms with Crippen LogP contribution >= 0.6 is 0 Å². The number of amides is 1. The van der Waals surface area contributed by atoms with Gasteiger partial charge >= 0.3 is 0 Å². The van der Waals surface area contributed by atoms with Gasteiger partial charge in [0.1, 0.15) is 0 Å². The molecular weight excluding hydrogens is 330 g/mol. The molecule has 152 valence electrons. The molecule has 26 heavy (non-hydrogen) atoms. The van der Waals surface area contributed by atoms with Crippen LogP contribution in [0.15, 0.2) is 4.99 Å². The summed E-state index contributed by atoms with van der Waals surface area (Å²) in [5.41, 5.74) is -0.362. The average molecular weight is 370 g/mol. The molecule has 1 unspecified atom stereocenters. The fourth-order valence-electron chi connectivity index (χ4n) is 2.73. The Balaban J connectivity index is 2.39. The van der Waals surface area contributed by atoms with E-state index in [4.69, 9.17) is 4.74 Å². The molecular formula is C19H39N5O2. The van der Waals surface area contributed by atoms with Gasteiger partial charge in [-0.1, -0.05) is 34.6 Å². The van der Waals surface area contributed by atoms with E-state index in [2.05, 4.69) is 39.7 Å². The van der Waals surface area contributed by atoms with Gasteiger partial charge in [0.05, 0.1) is 19.3 Å². The smallest absolute Gasteiger partial charge is 0.225 e. The molecule has 1 atom stereocenters. The number of nitrogens with one attached hydrogen (secondary N) is 3. The minimum Gasteiger partial charge on any atom is -0.374 e. The number of nitrogens with zero attached hydrogens (tertiary/aromatic N) is 2. The Morgan fingerprint density at radius 1 is 1.23 bits per heavy atom. The second-order valence-corrected chi connectivity index (χ2v) is 8.30. The predicted molar refractivity (Wildman–Crippen MR) is 107 cm³/mol. The first kappa shape index (κ1) is 22.7. The molecule has 1 saturated heterocycles. The van der Waals surface area contributed by atoms with Gasteiger partial charge in [0.15, 0.2) is 5.96 Å². The van der Waals surface area contributed by atoms with Crippen LogP contribution in [0.25, 0.3) is 0 Å². The van der Waals surface area contributed by atoms with Crippen LogP contribution in [-0.2, 0) is 9.53 Å². The molecule has 7 nitrogen and oxygen atoms in total. The molecule has 1 aliphatic rings. The Hall–Kier alpha value is -1.34. The van der Waals surface area contributed by atoms with E-state index in [1.54, 1.807) is 0 Å². The summed E-state index contributed by atoms with van der Waals surface area (Å²) in [5.74, 6) is 1.49. The van der Waals surface area contributed by atoms with Crippen LogP contribution in [0, 0.1) is 11.3 Å². The number of ether oxygens (including phenoxy) is 1. The summed E-state index contributed by atoms with van der Waals surface area (Å²) in [7, 11) is 0. The quantitative estimate of drug-likeness (QED) is 0.339. The van der Waals surface area contributed by atoms with E-state index in [0.717, 1.165) is 38.7 Å². The molecule has 1 aliphatic heterocycles. The lowest BCUT2D eigenvalue weighted by Gasteiger charge is -2.33. The van der Waals surface area contributed by atoms with Crippen molar-refractivity contribution < 1.29 is 9.53 Å². The minimum atomic E-state index is -0.362. The second kappa shape index (κ2) is 11.4. The van der Waals surface area contributed by atoms with E-state index < -0.39 is 0 Å². The third-order valence-electron chi connectivity index (χ3n) is 4.03. The van der Waals surface area contributed by atoms with Crippen LogP contribution in [0.4, 0.5) is 0 Å². The summed E-state index contributed by atoms with van der Waals surface area (Å²) < 4.78 is 5.85. The standard InChI is InChI=1S/C19H39N5O2/c1-7-20-18(22-9-8-21-17(25)19(4,5)6)23-12-16-14-24(10-11-26-16)13-15(2)3/h15-16H,7-14H2,1-6H3,(H,21,25)(H2,20,22,23). The highest BCUT2D eigenvalue weighted by atomic mass is 16.5. The molecule has 0 aromatic carbocycles. The monoisotopic (exact) mass is 369 g/mol. The van der Waals surface area contributed by atoms with Crippen molar-refractivity contribution in [1.82, 2.24) is 20.9 Å². The van der Waals surface area contributed by atoms with Crippen molar-refractivity contribution in [3.63, 3.8) is 0 Å².